The molecular weight excluding hydrogens is 270 g/mol. The molecule has 0 aliphatic rings. The van der Waals surface area contributed by atoms with Crippen LogP contribution in [0, 0.1) is 0 Å². The molecule has 0 unspecified atom stereocenters. The molecule has 1 N–H and O–H groups in total. The van der Waals surface area contributed by atoms with Gasteiger partial charge in [0, 0.05) is 23.2 Å². The minimum atomic E-state index is -0.906. The molecule has 3 nitrogen and oxygen atoms in total. The van der Waals surface area contributed by atoms with Crippen LogP contribution in [0.1, 0.15) is 30.6 Å². The molecule has 16 heavy (non-hydrogen) atoms. The van der Waals surface area contributed by atoms with Gasteiger partial charge in [0.05, 0.1) is 5.56 Å². The average molecular weight is 286 g/mol. The molecule has 0 aromatic heterocycles. The average Bonchev–Trinajstić information content (AvgIpc) is 2.25. The Labute approximate surface area is 104 Å². The van der Waals surface area contributed by atoms with E-state index in [-0.39, 0.29) is 0 Å². The maximum absolute atomic E-state index is 10.9. The Kier molecular flexibility index (Phi) is 4.80. The van der Waals surface area contributed by atoms with E-state index in [9.17, 15) is 4.79 Å². The lowest BCUT2D eigenvalue weighted by atomic mass is 10.2. The fourth-order valence-corrected chi connectivity index (χ4v) is 2.15. The normalized spacial score (nSPS) is 10.2. The summed E-state index contributed by atoms with van der Waals surface area (Å²) in [6, 6.07) is 5.36. The zero-order valence-electron chi connectivity index (χ0n) is 9.53. The highest BCUT2D eigenvalue weighted by Gasteiger charge is 2.10. The lowest BCUT2D eigenvalue weighted by molar-refractivity contribution is 0.0696. The summed E-state index contributed by atoms with van der Waals surface area (Å²) in [5.41, 5.74) is 1.36. The monoisotopic (exact) mass is 285 g/mol. The van der Waals surface area contributed by atoms with Gasteiger partial charge in [0.1, 0.15) is 0 Å². The smallest absolute Gasteiger partial charge is 0.336 e. The van der Waals surface area contributed by atoms with E-state index in [0.717, 1.165) is 25.2 Å². The third-order valence-electron chi connectivity index (χ3n) is 2.42. The predicted octanol–water partition coefficient (Wildman–Crippen LogP) is 3.38. The van der Waals surface area contributed by atoms with E-state index in [1.165, 1.54) is 0 Å². The number of rotatable bonds is 5. The minimum absolute atomic E-state index is 0.302. The summed E-state index contributed by atoms with van der Waals surface area (Å²) >= 11 is 3.29. The highest BCUT2D eigenvalue weighted by Crippen LogP contribution is 2.24. The van der Waals surface area contributed by atoms with Gasteiger partial charge >= 0.3 is 5.97 Å². The van der Waals surface area contributed by atoms with Crippen molar-refractivity contribution >= 4 is 27.6 Å². The summed E-state index contributed by atoms with van der Waals surface area (Å²) in [6.07, 6.45) is 1.08. The van der Waals surface area contributed by atoms with Gasteiger partial charge in [0.15, 0.2) is 0 Å². The van der Waals surface area contributed by atoms with Crippen molar-refractivity contribution < 1.29 is 9.90 Å². The van der Waals surface area contributed by atoms with Crippen LogP contribution < -0.4 is 4.90 Å². The highest BCUT2D eigenvalue weighted by atomic mass is 79.9. The van der Waals surface area contributed by atoms with Gasteiger partial charge in [-0.1, -0.05) is 6.92 Å². The van der Waals surface area contributed by atoms with Crippen molar-refractivity contribution in [3.63, 3.8) is 0 Å². The van der Waals surface area contributed by atoms with Crippen molar-refractivity contribution in [3.05, 3.63) is 28.2 Å². The van der Waals surface area contributed by atoms with Crippen molar-refractivity contribution in [2.75, 3.05) is 18.0 Å². The van der Waals surface area contributed by atoms with Crippen molar-refractivity contribution in [3.8, 4) is 0 Å². The molecule has 1 rings (SSSR count). The van der Waals surface area contributed by atoms with Gasteiger partial charge in [-0.3, -0.25) is 0 Å². The van der Waals surface area contributed by atoms with E-state index in [1.807, 2.05) is 12.1 Å². The Bertz CT molecular complexity index is 379. The molecule has 0 aliphatic heterocycles. The number of carbonyl (C=O) groups is 1. The molecular formula is C12H16BrNO2. The Morgan fingerprint density at radius 3 is 2.56 bits per heavy atom. The summed E-state index contributed by atoms with van der Waals surface area (Å²) in [6.45, 7) is 6.13. The minimum Gasteiger partial charge on any atom is -0.478 e. The van der Waals surface area contributed by atoms with Crippen molar-refractivity contribution in [2.45, 2.75) is 20.3 Å². The molecule has 0 amide bonds. The summed E-state index contributed by atoms with van der Waals surface area (Å²) in [4.78, 5) is 13.1. The SMILES string of the molecule is CCCN(CC)c1ccc(C(=O)O)c(Br)c1. The van der Waals surface area contributed by atoms with Crippen LogP contribution in [0.3, 0.4) is 0 Å². The molecule has 0 aliphatic carbocycles. The number of hydrogen-bond acceptors (Lipinski definition) is 2. The van der Waals surface area contributed by atoms with Gasteiger partial charge < -0.3 is 10.0 Å². The van der Waals surface area contributed by atoms with Gasteiger partial charge in [0.25, 0.3) is 0 Å². The van der Waals surface area contributed by atoms with Gasteiger partial charge in [-0.25, -0.2) is 4.79 Å². The van der Waals surface area contributed by atoms with Crippen LogP contribution in [-0.2, 0) is 0 Å². The van der Waals surface area contributed by atoms with Crippen molar-refractivity contribution in [1.82, 2.24) is 0 Å². The molecule has 0 atom stereocenters. The van der Waals surface area contributed by atoms with Crippen LogP contribution in [0.2, 0.25) is 0 Å². The Balaban J connectivity index is 2.99. The van der Waals surface area contributed by atoms with Crippen LogP contribution in [-0.4, -0.2) is 24.2 Å². The lowest BCUT2D eigenvalue weighted by Crippen LogP contribution is -2.23. The van der Waals surface area contributed by atoms with Gasteiger partial charge in [-0.15, -0.1) is 0 Å². The fraction of sp³-hybridized carbons (Fsp3) is 0.417. The Hall–Kier alpha value is -1.03. The molecule has 88 valence electrons. The maximum Gasteiger partial charge on any atom is 0.336 e. The molecule has 1 aromatic carbocycles. The Morgan fingerprint density at radius 2 is 2.12 bits per heavy atom. The van der Waals surface area contributed by atoms with E-state index in [0.29, 0.717) is 10.0 Å². The number of carboxylic acids is 1. The maximum atomic E-state index is 10.9. The first-order valence-electron chi connectivity index (χ1n) is 5.38. The molecule has 0 radical (unpaired) electrons. The Morgan fingerprint density at radius 1 is 1.44 bits per heavy atom. The molecule has 0 spiro atoms. The fourth-order valence-electron chi connectivity index (χ4n) is 1.61. The van der Waals surface area contributed by atoms with Crippen LogP contribution in [0.4, 0.5) is 5.69 Å². The molecule has 0 saturated carbocycles. The summed E-state index contributed by atoms with van der Waals surface area (Å²) < 4.78 is 0.632. The number of carboxylic acid groups (broad SMARTS) is 1. The summed E-state index contributed by atoms with van der Waals surface area (Å²) in [5.74, 6) is -0.906. The first kappa shape index (κ1) is 13.0. The summed E-state index contributed by atoms with van der Waals surface area (Å²) in [7, 11) is 0. The molecule has 0 fully saturated rings. The van der Waals surface area contributed by atoms with E-state index in [1.54, 1.807) is 6.07 Å². The van der Waals surface area contributed by atoms with E-state index in [4.69, 9.17) is 5.11 Å². The first-order valence-corrected chi connectivity index (χ1v) is 6.17. The topological polar surface area (TPSA) is 40.5 Å². The molecule has 4 heteroatoms. The second kappa shape index (κ2) is 5.89. The predicted molar refractivity (Wildman–Crippen MR) is 69.3 cm³/mol. The van der Waals surface area contributed by atoms with Crippen molar-refractivity contribution in [2.24, 2.45) is 0 Å². The third-order valence-corrected chi connectivity index (χ3v) is 3.08. The third kappa shape index (κ3) is 2.98. The second-order valence-corrected chi connectivity index (χ2v) is 4.40. The number of halogens is 1. The largest absolute Gasteiger partial charge is 0.478 e. The number of aromatic carboxylic acids is 1. The number of anilines is 1. The zero-order chi connectivity index (χ0) is 12.1. The standard InChI is InChI=1S/C12H16BrNO2/c1-3-7-14(4-2)9-5-6-10(12(15)16)11(13)8-9/h5-6,8H,3-4,7H2,1-2H3,(H,15,16). The number of hydrogen-bond donors (Lipinski definition) is 1. The van der Waals surface area contributed by atoms with Gasteiger partial charge in [-0.05, 0) is 47.5 Å². The molecule has 1 aromatic rings. The lowest BCUT2D eigenvalue weighted by Gasteiger charge is -2.22. The van der Waals surface area contributed by atoms with Crippen LogP contribution in [0.15, 0.2) is 22.7 Å². The van der Waals surface area contributed by atoms with E-state index >= 15 is 0 Å². The second-order valence-electron chi connectivity index (χ2n) is 3.55. The number of nitrogens with zero attached hydrogens (tertiary/aromatic N) is 1. The molecule has 0 heterocycles. The van der Waals surface area contributed by atoms with E-state index in [2.05, 4.69) is 34.7 Å². The summed E-state index contributed by atoms with van der Waals surface area (Å²) in [5, 5.41) is 8.91. The molecule has 0 saturated heterocycles. The quantitative estimate of drug-likeness (QED) is 0.902. The van der Waals surface area contributed by atoms with Crippen LogP contribution in [0.5, 0.6) is 0 Å². The van der Waals surface area contributed by atoms with Gasteiger partial charge in [0.2, 0.25) is 0 Å². The van der Waals surface area contributed by atoms with Crippen molar-refractivity contribution in [1.29, 1.82) is 0 Å². The van der Waals surface area contributed by atoms with E-state index < -0.39 is 5.97 Å². The van der Waals surface area contributed by atoms with Crippen LogP contribution in [0.25, 0.3) is 0 Å². The molecule has 0 bridgehead atoms. The zero-order valence-corrected chi connectivity index (χ0v) is 11.1. The van der Waals surface area contributed by atoms with Crippen LogP contribution >= 0.6 is 15.9 Å². The first-order chi connectivity index (χ1) is 7.60. The highest BCUT2D eigenvalue weighted by molar-refractivity contribution is 9.10. The van der Waals surface area contributed by atoms with Gasteiger partial charge in [-0.2, -0.15) is 0 Å². The number of benzene rings is 1.